The Morgan fingerprint density at radius 2 is 2.35 bits per heavy atom. The Morgan fingerprint density at radius 1 is 1.53 bits per heavy atom. The lowest BCUT2D eigenvalue weighted by Gasteiger charge is -2.06. The predicted molar refractivity (Wildman–Crippen MR) is 68.9 cm³/mol. The minimum absolute atomic E-state index is 0.169. The van der Waals surface area contributed by atoms with Crippen LogP contribution in [-0.2, 0) is 6.54 Å². The molecule has 0 radical (unpaired) electrons. The molecule has 0 unspecified atom stereocenters. The minimum Gasteiger partial charge on any atom is -0.398 e. The van der Waals surface area contributed by atoms with Gasteiger partial charge in [-0.3, -0.25) is 4.79 Å². The number of benzene rings is 1. The van der Waals surface area contributed by atoms with Crippen LogP contribution in [0.3, 0.4) is 0 Å². The molecule has 2 rings (SSSR count). The van der Waals surface area contributed by atoms with Gasteiger partial charge in [0, 0.05) is 17.3 Å². The molecule has 2 aromatic rings. The molecule has 0 spiro atoms. The monoisotopic (exact) mass is 247 g/mol. The van der Waals surface area contributed by atoms with Crippen LogP contribution in [0, 0.1) is 6.92 Å². The number of aromatic nitrogens is 1. The molecule has 0 aliphatic rings. The van der Waals surface area contributed by atoms with Gasteiger partial charge in [-0.1, -0.05) is 6.07 Å². The Morgan fingerprint density at radius 3 is 3.00 bits per heavy atom. The van der Waals surface area contributed by atoms with E-state index in [0.717, 1.165) is 10.6 Å². The minimum atomic E-state index is -0.169. The van der Waals surface area contributed by atoms with Gasteiger partial charge in [-0.05, 0) is 24.6 Å². The van der Waals surface area contributed by atoms with E-state index in [0.29, 0.717) is 17.8 Å². The highest BCUT2D eigenvalue weighted by Gasteiger charge is 2.09. The van der Waals surface area contributed by atoms with Crippen LogP contribution in [0.5, 0.6) is 0 Å². The molecule has 1 heterocycles. The van der Waals surface area contributed by atoms with Gasteiger partial charge >= 0.3 is 0 Å². The van der Waals surface area contributed by atoms with Crippen LogP contribution < -0.4 is 11.1 Å². The average Bonchev–Trinajstić information content (AvgIpc) is 2.78. The average molecular weight is 247 g/mol. The van der Waals surface area contributed by atoms with E-state index in [-0.39, 0.29) is 5.91 Å². The van der Waals surface area contributed by atoms with Crippen LogP contribution in [-0.4, -0.2) is 10.9 Å². The van der Waals surface area contributed by atoms with Crippen molar-refractivity contribution in [1.29, 1.82) is 0 Å². The highest BCUT2D eigenvalue weighted by atomic mass is 32.1. The highest BCUT2D eigenvalue weighted by Crippen LogP contribution is 2.14. The van der Waals surface area contributed by atoms with Crippen molar-refractivity contribution in [3.63, 3.8) is 0 Å². The number of carbonyl (C=O) groups excluding carboxylic acids is 1. The zero-order valence-electron chi connectivity index (χ0n) is 9.43. The Hall–Kier alpha value is -1.88. The molecule has 1 aromatic heterocycles. The van der Waals surface area contributed by atoms with Gasteiger partial charge in [-0.15, -0.1) is 11.3 Å². The summed E-state index contributed by atoms with van der Waals surface area (Å²) in [5.41, 5.74) is 7.85. The number of anilines is 1. The standard InChI is InChI=1S/C12H13N3OS/c1-8-2-3-9(10(13)6-8)12(16)15-7-11-14-4-5-17-11/h2-6H,7,13H2,1H3,(H,15,16). The summed E-state index contributed by atoms with van der Waals surface area (Å²) >= 11 is 1.51. The number of aryl methyl sites for hydroxylation is 1. The molecule has 0 bridgehead atoms. The van der Waals surface area contributed by atoms with Crippen LogP contribution in [0.4, 0.5) is 5.69 Å². The Kier molecular flexibility index (Phi) is 3.39. The second-order valence-corrected chi connectivity index (χ2v) is 4.68. The van der Waals surface area contributed by atoms with Gasteiger partial charge in [0.15, 0.2) is 0 Å². The number of nitrogens with two attached hydrogens (primary N) is 1. The van der Waals surface area contributed by atoms with Crippen LogP contribution in [0.15, 0.2) is 29.8 Å². The molecule has 0 fully saturated rings. The second-order valence-electron chi connectivity index (χ2n) is 3.70. The van der Waals surface area contributed by atoms with Crippen molar-refractivity contribution < 1.29 is 4.79 Å². The van der Waals surface area contributed by atoms with Crippen LogP contribution in [0.25, 0.3) is 0 Å². The number of nitrogens with one attached hydrogen (secondary N) is 1. The lowest BCUT2D eigenvalue weighted by atomic mass is 10.1. The first kappa shape index (κ1) is 11.6. The maximum absolute atomic E-state index is 11.9. The molecule has 1 amide bonds. The highest BCUT2D eigenvalue weighted by molar-refractivity contribution is 7.09. The lowest BCUT2D eigenvalue weighted by Crippen LogP contribution is -2.23. The van der Waals surface area contributed by atoms with Gasteiger partial charge < -0.3 is 11.1 Å². The van der Waals surface area contributed by atoms with Crippen molar-refractivity contribution in [3.05, 3.63) is 45.9 Å². The van der Waals surface area contributed by atoms with Crippen molar-refractivity contribution in [2.75, 3.05) is 5.73 Å². The number of nitrogens with zero attached hydrogens (tertiary/aromatic N) is 1. The number of hydrogen-bond acceptors (Lipinski definition) is 4. The van der Waals surface area contributed by atoms with Crippen LogP contribution in [0.1, 0.15) is 20.9 Å². The van der Waals surface area contributed by atoms with Gasteiger partial charge in [-0.25, -0.2) is 4.98 Å². The topological polar surface area (TPSA) is 68.0 Å². The van der Waals surface area contributed by atoms with E-state index >= 15 is 0 Å². The summed E-state index contributed by atoms with van der Waals surface area (Å²) in [6.45, 7) is 2.37. The Labute approximate surface area is 103 Å². The van der Waals surface area contributed by atoms with E-state index in [9.17, 15) is 4.79 Å². The number of carbonyl (C=O) groups is 1. The second kappa shape index (κ2) is 4.97. The Bertz CT molecular complexity index is 523. The van der Waals surface area contributed by atoms with Gasteiger partial charge in [0.05, 0.1) is 12.1 Å². The first-order valence-electron chi connectivity index (χ1n) is 5.19. The molecule has 4 nitrogen and oxygen atoms in total. The molecule has 0 saturated heterocycles. The molecule has 0 aliphatic heterocycles. The summed E-state index contributed by atoms with van der Waals surface area (Å²) in [5.74, 6) is -0.169. The van der Waals surface area contributed by atoms with Gasteiger partial charge in [-0.2, -0.15) is 0 Å². The van der Waals surface area contributed by atoms with E-state index in [1.165, 1.54) is 11.3 Å². The molecule has 0 aliphatic carbocycles. The fourth-order valence-corrected chi connectivity index (χ4v) is 2.04. The lowest BCUT2D eigenvalue weighted by molar-refractivity contribution is 0.0952. The maximum Gasteiger partial charge on any atom is 0.253 e. The Balaban J connectivity index is 2.04. The fraction of sp³-hybridized carbons (Fsp3) is 0.167. The summed E-state index contributed by atoms with van der Waals surface area (Å²) in [6, 6.07) is 5.40. The zero-order chi connectivity index (χ0) is 12.3. The summed E-state index contributed by atoms with van der Waals surface area (Å²) < 4.78 is 0. The smallest absolute Gasteiger partial charge is 0.253 e. The quantitative estimate of drug-likeness (QED) is 0.815. The SMILES string of the molecule is Cc1ccc(C(=O)NCc2nccs2)c(N)c1. The summed E-state index contributed by atoms with van der Waals surface area (Å²) in [5, 5.41) is 5.55. The van der Waals surface area contributed by atoms with Gasteiger partial charge in [0.1, 0.15) is 5.01 Å². The molecule has 5 heteroatoms. The maximum atomic E-state index is 11.9. The van der Waals surface area contributed by atoms with Crippen LogP contribution >= 0.6 is 11.3 Å². The third-order valence-corrected chi connectivity index (χ3v) is 3.11. The normalized spacial score (nSPS) is 10.2. The van der Waals surface area contributed by atoms with E-state index < -0.39 is 0 Å². The molecular weight excluding hydrogens is 234 g/mol. The third kappa shape index (κ3) is 2.82. The van der Waals surface area contributed by atoms with E-state index in [1.807, 2.05) is 18.4 Å². The number of nitrogen functional groups attached to an aromatic ring is 1. The first-order chi connectivity index (χ1) is 8.16. The largest absolute Gasteiger partial charge is 0.398 e. The van der Waals surface area contributed by atoms with Crippen molar-refractivity contribution in [2.45, 2.75) is 13.5 Å². The molecule has 0 saturated carbocycles. The number of hydrogen-bond donors (Lipinski definition) is 2. The van der Waals surface area contributed by atoms with Crippen molar-refractivity contribution in [1.82, 2.24) is 10.3 Å². The van der Waals surface area contributed by atoms with E-state index in [4.69, 9.17) is 5.73 Å². The van der Waals surface area contributed by atoms with Gasteiger partial charge in [0.25, 0.3) is 5.91 Å². The predicted octanol–water partition coefficient (Wildman–Crippen LogP) is 1.96. The molecule has 17 heavy (non-hydrogen) atoms. The molecule has 3 N–H and O–H groups in total. The van der Waals surface area contributed by atoms with Gasteiger partial charge in [0.2, 0.25) is 0 Å². The fourth-order valence-electron chi connectivity index (χ4n) is 1.48. The number of amides is 1. The van der Waals surface area contributed by atoms with Crippen molar-refractivity contribution in [3.8, 4) is 0 Å². The summed E-state index contributed by atoms with van der Waals surface area (Å²) in [7, 11) is 0. The molecule has 1 aromatic carbocycles. The molecule has 0 atom stereocenters. The summed E-state index contributed by atoms with van der Waals surface area (Å²) in [6.07, 6.45) is 1.71. The van der Waals surface area contributed by atoms with Crippen molar-refractivity contribution in [2.24, 2.45) is 0 Å². The summed E-state index contributed by atoms with van der Waals surface area (Å²) in [4.78, 5) is 15.9. The first-order valence-corrected chi connectivity index (χ1v) is 6.07. The van der Waals surface area contributed by atoms with Crippen molar-refractivity contribution >= 4 is 22.9 Å². The molecule has 88 valence electrons. The third-order valence-electron chi connectivity index (χ3n) is 2.34. The zero-order valence-corrected chi connectivity index (χ0v) is 10.3. The number of thiazole rings is 1. The van der Waals surface area contributed by atoms with E-state index in [2.05, 4.69) is 10.3 Å². The number of rotatable bonds is 3. The van der Waals surface area contributed by atoms with E-state index in [1.54, 1.807) is 18.3 Å². The van der Waals surface area contributed by atoms with Crippen LogP contribution in [0.2, 0.25) is 0 Å². The molecular formula is C12H13N3OS.